The van der Waals surface area contributed by atoms with Crippen molar-refractivity contribution >= 4 is 33.6 Å². The summed E-state index contributed by atoms with van der Waals surface area (Å²) >= 11 is 0. The van der Waals surface area contributed by atoms with Crippen LogP contribution in [0.5, 0.6) is 0 Å². The Hall–Kier alpha value is -4.25. The van der Waals surface area contributed by atoms with E-state index in [0.717, 1.165) is 33.1 Å². The Morgan fingerprint density at radius 1 is 0.710 bits per heavy atom. The number of rotatable bonds is 2. The highest BCUT2D eigenvalue weighted by Crippen LogP contribution is 2.39. The molecule has 148 valence electrons. The van der Waals surface area contributed by atoms with Crippen LogP contribution in [0.25, 0.3) is 38.8 Å². The predicted octanol–water partition coefficient (Wildman–Crippen LogP) is 5.07. The molecule has 0 fully saturated rings. The molecule has 3 aromatic carbocycles. The van der Waals surface area contributed by atoms with E-state index in [1.165, 1.54) is 11.9 Å². The van der Waals surface area contributed by atoms with Crippen LogP contribution >= 0.6 is 0 Å². The Kier molecular flexibility index (Phi) is 3.62. The molecule has 5 heteroatoms. The van der Waals surface area contributed by atoms with Crippen molar-refractivity contribution in [2.75, 3.05) is 7.05 Å². The maximum absolute atomic E-state index is 13.0. The van der Waals surface area contributed by atoms with E-state index in [0.29, 0.717) is 16.8 Å². The Bertz CT molecular complexity index is 1530. The molecule has 0 aliphatic carbocycles. The number of imide groups is 1. The summed E-state index contributed by atoms with van der Waals surface area (Å²) in [5.41, 5.74) is 5.46. The first-order valence-electron chi connectivity index (χ1n) is 10.1. The first-order chi connectivity index (χ1) is 15.2. The average Bonchev–Trinajstić information content (AvgIpc) is 3.27. The van der Waals surface area contributed by atoms with Crippen LogP contribution in [0, 0.1) is 0 Å². The molecule has 5 nitrogen and oxygen atoms in total. The average molecular weight is 403 g/mol. The van der Waals surface area contributed by atoms with Gasteiger partial charge in [-0.3, -0.25) is 19.5 Å². The van der Waals surface area contributed by atoms with Gasteiger partial charge in [-0.05, 0) is 36.4 Å². The van der Waals surface area contributed by atoms with Crippen LogP contribution in [0.1, 0.15) is 20.7 Å². The summed E-state index contributed by atoms with van der Waals surface area (Å²) in [6.45, 7) is 0. The molecule has 0 N–H and O–H groups in total. The lowest BCUT2D eigenvalue weighted by Gasteiger charge is -2.12. The molecule has 6 rings (SSSR count). The first-order valence-corrected chi connectivity index (χ1v) is 10.1. The van der Waals surface area contributed by atoms with E-state index in [-0.39, 0.29) is 11.8 Å². The van der Waals surface area contributed by atoms with Crippen molar-refractivity contribution in [3.05, 3.63) is 96.2 Å². The van der Waals surface area contributed by atoms with Crippen molar-refractivity contribution in [1.82, 2.24) is 14.5 Å². The third-order valence-corrected chi connectivity index (χ3v) is 5.98. The summed E-state index contributed by atoms with van der Waals surface area (Å²) < 4.78 is 2.08. The summed E-state index contributed by atoms with van der Waals surface area (Å²) in [6.07, 6.45) is 1.79. The normalized spacial score (nSPS) is 13.4. The molecule has 0 radical (unpaired) electrons. The zero-order valence-electron chi connectivity index (χ0n) is 16.7. The number of nitrogens with zero attached hydrogens (tertiary/aromatic N) is 3. The number of carbonyl (C=O) groups excluding carboxylic acids is 2. The van der Waals surface area contributed by atoms with Gasteiger partial charge in [0.2, 0.25) is 0 Å². The molecule has 1 aliphatic heterocycles. The van der Waals surface area contributed by atoms with E-state index >= 15 is 0 Å². The topological polar surface area (TPSA) is 55.2 Å². The number of para-hydroxylation sites is 1. The Morgan fingerprint density at radius 3 is 2.29 bits per heavy atom. The minimum atomic E-state index is -0.276. The molecule has 0 unspecified atom stereocenters. The van der Waals surface area contributed by atoms with Crippen LogP contribution in [0.15, 0.2) is 85.1 Å². The summed E-state index contributed by atoms with van der Waals surface area (Å²) in [5.74, 6) is -0.542. The third-order valence-electron chi connectivity index (χ3n) is 5.98. The lowest BCUT2D eigenvalue weighted by molar-refractivity contribution is 0.0693. The van der Waals surface area contributed by atoms with Gasteiger partial charge in [0.05, 0.1) is 33.5 Å². The van der Waals surface area contributed by atoms with E-state index in [9.17, 15) is 9.59 Å². The summed E-state index contributed by atoms with van der Waals surface area (Å²) in [6, 6.07) is 25.6. The number of hydrogen-bond acceptors (Lipinski definition) is 3. The van der Waals surface area contributed by atoms with Gasteiger partial charge in [0.1, 0.15) is 0 Å². The molecular weight excluding hydrogens is 386 g/mol. The molecule has 2 amide bonds. The third kappa shape index (κ3) is 2.34. The van der Waals surface area contributed by atoms with Crippen LogP contribution < -0.4 is 0 Å². The lowest BCUT2D eigenvalue weighted by atomic mass is 10.0. The number of amides is 2. The first kappa shape index (κ1) is 17.6. The minimum Gasteiger partial charge on any atom is -0.308 e. The fourth-order valence-electron chi connectivity index (χ4n) is 4.58. The molecule has 3 heterocycles. The van der Waals surface area contributed by atoms with Crippen molar-refractivity contribution in [3.63, 3.8) is 0 Å². The number of hydrogen-bond donors (Lipinski definition) is 0. The van der Waals surface area contributed by atoms with Crippen LogP contribution in [-0.4, -0.2) is 33.3 Å². The molecule has 31 heavy (non-hydrogen) atoms. The van der Waals surface area contributed by atoms with Gasteiger partial charge in [-0.25, -0.2) is 0 Å². The molecular formula is C26H17N3O2. The highest BCUT2D eigenvalue weighted by molar-refractivity contribution is 6.24. The largest absolute Gasteiger partial charge is 0.308 e. The predicted molar refractivity (Wildman–Crippen MR) is 120 cm³/mol. The van der Waals surface area contributed by atoms with Gasteiger partial charge in [-0.1, -0.05) is 42.5 Å². The zero-order chi connectivity index (χ0) is 21.1. The van der Waals surface area contributed by atoms with Crippen molar-refractivity contribution in [1.29, 1.82) is 0 Å². The van der Waals surface area contributed by atoms with Crippen molar-refractivity contribution < 1.29 is 9.59 Å². The van der Waals surface area contributed by atoms with Gasteiger partial charge in [-0.2, -0.15) is 0 Å². The van der Waals surface area contributed by atoms with E-state index < -0.39 is 0 Å². The van der Waals surface area contributed by atoms with Gasteiger partial charge in [0, 0.05) is 29.6 Å². The lowest BCUT2D eigenvalue weighted by Crippen LogP contribution is -2.24. The SMILES string of the molecule is CN1C(=O)c2cccc(-n3c4ccccc4c4c(-c5ccccn5)cccc43)c2C1=O. The van der Waals surface area contributed by atoms with Crippen molar-refractivity contribution in [3.8, 4) is 16.9 Å². The number of aromatic nitrogens is 2. The van der Waals surface area contributed by atoms with Crippen molar-refractivity contribution in [2.24, 2.45) is 0 Å². The molecule has 0 atom stereocenters. The number of pyridine rings is 1. The quantitative estimate of drug-likeness (QED) is 0.387. The molecule has 0 bridgehead atoms. The zero-order valence-corrected chi connectivity index (χ0v) is 16.7. The number of fused-ring (bicyclic) bond motifs is 4. The Morgan fingerprint density at radius 2 is 1.45 bits per heavy atom. The molecule has 0 spiro atoms. The molecule has 2 aromatic heterocycles. The van der Waals surface area contributed by atoms with Crippen LogP contribution in [-0.2, 0) is 0 Å². The van der Waals surface area contributed by atoms with Crippen LogP contribution in [0.4, 0.5) is 0 Å². The number of carbonyl (C=O) groups is 2. The second-order valence-corrected chi connectivity index (χ2v) is 7.64. The number of benzene rings is 3. The van der Waals surface area contributed by atoms with E-state index in [4.69, 9.17) is 0 Å². The van der Waals surface area contributed by atoms with Crippen molar-refractivity contribution in [2.45, 2.75) is 0 Å². The monoisotopic (exact) mass is 403 g/mol. The Labute approximate surface area is 178 Å². The van der Waals surface area contributed by atoms with E-state index in [2.05, 4.69) is 21.7 Å². The second kappa shape index (κ2) is 6.37. The molecule has 1 aliphatic rings. The van der Waals surface area contributed by atoms with E-state index in [1.54, 1.807) is 12.3 Å². The summed E-state index contributed by atoms with van der Waals surface area (Å²) in [5, 5.41) is 2.14. The van der Waals surface area contributed by atoms with Crippen LogP contribution in [0.3, 0.4) is 0 Å². The standard InChI is InChI=1S/C26H17N3O2/c1-28-25(30)18-10-7-14-22(24(18)26(28)31)29-20-12-3-2-8-17(20)23-16(9-6-13-21(23)29)19-11-4-5-15-27-19/h2-15H,1H3. The van der Waals surface area contributed by atoms with Gasteiger partial charge >= 0.3 is 0 Å². The van der Waals surface area contributed by atoms with Crippen LogP contribution in [0.2, 0.25) is 0 Å². The smallest absolute Gasteiger partial charge is 0.263 e. The highest BCUT2D eigenvalue weighted by Gasteiger charge is 2.35. The van der Waals surface area contributed by atoms with Gasteiger partial charge in [0.15, 0.2) is 0 Å². The maximum Gasteiger partial charge on any atom is 0.263 e. The summed E-state index contributed by atoms with van der Waals surface area (Å²) in [7, 11) is 1.53. The fraction of sp³-hybridized carbons (Fsp3) is 0.0385. The summed E-state index contributed by atoms with van der Waals surface area (Å²) in [4.78, 5) is 31.3. The maximum atomic E-state index is 13.0. The molecule has 0 saturated carbocycles. The Balaban J connectivity index is 1.77. The van der Waals surface area contributed by atoms with E-state index in [1.807, 2.05) is 60.7 Å². The fourth-order valence-corrected chi connectivity index (χ4v) is 4.58. The minimum absolute atomic E-state index is 0.267. The highest BCUT2D eigenvalue weighted by atomic mass is 16.2. The van der Waals surface area contributed by atoms with Gasteiger partial charge < -0.3 is 4.57 Å². The molecule has 0 saturated heterocycles. The molecule has 5 aromatic rings. The second-order valence-electron chi connectivity index (χ2n) is 7.64. The van der Waals surface area contributed by atoms with Gasteiger partial charge in [-0.15, -0.1) is 0 Å². The van der Waals surface area contributed by atoms with Gasteiger partial charge in [0.25, 0.3) is 11.8 Å².